The number of benzene rings is 2. The molecule has 2 unspecified atom stereocenters. The van der Waals surface area contributed by atoms with E-state index in [-0.39, 0.29) is 17.3 Å². The molecule has 0 aromatic heterocycles. The third kappa shape index (κ3) is 2.24. The highest BCUT2D eigenvalue weighted by atomic mass is 14.9. The highest BCUT2D eigenvalue weighted by Gasteiger charge is 2.33. The van der Waals surface area contributed by atoms with Crippen molar-refractivity contribution in [2.75, 3.05) is 5.32 Å². The molecule has 0 bridgehead atoms. The first-order chi connectivity index (χ1) is 8.92. The van der Waals surface area contributed by atoms with Gasteiger partial charge in [-0.3, -0.25) is 0 Å². The minimum absolute atomic E-state index is 0. The zero-order chi connectivity index (χ0) is 11.9. The number of fused-ring (bicyclic) bond motifs is 4. The van der Waals surface area contributed by atoms with Crippen LogP contribution in [0.15, 0.2) is 48.5 Å². The first-order valence-electron chi connectivity index (χ1n) is 6.84. The van der Waals surface area contributed by atoms with Gasteiger partial charge in [-0.1, -0.05) is 49.9 Å². The first-order valence-corrected chi connectivity index (χ1v) is 6.84. The van der Waals surface area contributed by atoms with Crippen LogP contribution in [0.3, 0.4) is 0 Å². The summed E-state index contributed by atoms with van der Waals surface area (Å²) in [6, 6.07) is 18.2. The molecule has 1 N–H and O–H groups in total. The van der Waals surface area contributed by atoms with E-state index in [1.165, 1.54) is 41.6 Å². The van der Waals surface area contributed by atoms with Gasteiger partial charge < -0.3 is 5.32 Å². The molecule has 0 saturated carbocycles. The molecule has 103 valence electrons. The van der Waals surface area contributed by atoms with Crippen molar-refractivity contribution in [1.29, 1.82) is 0 Å². The second kappa shape index (κ2) is 5.74. The van der Waals surface area contributed by atoms with Gasteiger partial charge in [0.2, 0.25) is 0 Å². The normalized spacial score (nSPS) is 22.0. The van der Waals surface area contributed by atoms with E-state index in [2.05, 4.69) is 53.8 Å². The van der Waals surface area contributed by atoms with Crippen LogP contribution >= 0.6 is 0 Å². The number of aryl methyl sites for hydroxylation is 1. The fourth-order valence-corrected chi connectivity index (χ4v) is 3.53. The number of hydrogen-bond acceptors (Lipinski definition) is 1. The molecule has 20 heavy (non-hydrogen) atoms. The van der Waals surface area contributed by atoms with E-state index in [4.69, 9.17) is 0 Å². The van der Waals surface area contributed by atoms with E-state index in [1.54, 1.807) is 0 Å². The van der Waals surface area contributed by atoms with Crippen molar-refractivity contribution in [3.8, 4) is 0 Å². The molecular formula is C18H23BN. The molecule has 3 radical (unpaired) electrons. The number of hydrogen-bond donors (Lipinski definition) is 1. The average Bonchev–Trinajstić information content (AvgIpc) is 2.45. The Morgan fingerprint density at radius 3 is 2.50 bits per heavy atom. The zero-order valence-electron chi connectivity index (χ0n) is 11.0. The lowest BCUT2D eigenvalue weighted by Gasteiger charge is -2.39. The smallest absolute Gasteiger partial charge is 0.0548 e. The summed E-state index contributed by atoms with van der Waals surface area (Å²) in [4.78, 5) is 0. The maximum absolute atomic E-state index is 3.76. The quantitative estimate of drug-likeness (QED) is 0.693. The molecule has 2 atom stereocenters. The molecule has 0 saturated heterocycles. The number of para-hydroxylation sites is 1. The third-order valence-corrected chi connectivity index (χ3v) is 4.46. The Morgan fingerprint density at radius 1 is 0.950 bits per heavy atom. The van der Waals surface area contributed by atoms with Crippen LogP contribution < -0.4 is 5.32 Å². The third-order valence-electron chi connectivity index (χ3n) is 4.46. The number of nitrogens with one attached hydrogen (secondary N) is 1. The Balaban J connectivity index is 0.000000735. The van der Waals surface area contributed by atoms with Crippen molar-refractivity contribution in [3.63, 3.8) is 0 Å². The molecule has 2 heteroatoms. The zero-order valence-corrected chi connectivity index (χ0v) is 11.0. The molecule has 0 fully saturated rings. The topological polar surface area (TPSA) is 12.0 Å². The van der Waals surface area contributed by atoms with Crippen molar-refractivity contribution in [2.24, 2.45) is 5.92 Å². The fraction of sp³-hybridized carbons (Fsp3) is 0.333. The molecule has 1 aliphatic heterocycles. The first kappa shape index (κ1) is 14.7. The molecular weight excluding hydrogens is 241 g/mol. The van der Waals surface area contributed by atoms with Gasteiger partial charge in [-0.15, -0.1) is 0 Å². The van der Waals surface area contributed by atoms with Gasteiger partial charge in [-0.25, -0.2) is 0 Å². The molecule has 2 aromatic carbocycles. The summed E-state index contributed by atoms with van der Waals surface area (Å²) < 4.78 is 0. The summed E-state index contributed by atoms with van der Waals surface area (Å²) in [5.41, 5.74) is 5.86. The van der Waals surface area contributed by atoms with Crippen molar-refractivity contribution >= 4 is 14.1 Å². The Hall–Kier alpha value is -1.70. The Kier molecular flexibility index (Phi) is 4.22. The molecule has 1 nitrogen and oxygen atoms in total. The molecule has 4 rings (SSSR count). The van der Waals surface area contributed by atoms with Crippen LogP contribution in [-0.4, -0.2) is 8.41 Å². The van der Waals surface area contributed by atoms with E-state index in [0.717, 1.165) is 5.92 Å². The van der Waals surface area contributed by atoms with Crippen molar-refractivity contribution < 1.29 is 1.43 Å². The highest BCUT2D eigenvalue weighted by Crippen LogP contribution is 2.43. The largest absolute Gasteiger partial charge is 0.378 e. The minimum Gasteiger partial charge on any atom is -0.378 e. The molecule has 1 aliphatic carbocycles. The summed E-state index contributed by atoms with van der Waals surface area (Å²) in [6.07, 6.45) is 3.77. The molecule has 2 aliphatic rings. The summed E-state index contributed by atoms with van der Waals surface area (Å²) in [5, 5.41) is 3.76. The second-order valence-electron chi connectivity index (χ2n) is 5.48. The maximum Gasteiger partial charge on any atom is 0.0548 e. The Labute approximate surface area is 125 Å². The lowest BCUT2D eigenvalue weighted by Crippen LogP contribution is -2.32. The van der Waals surface area contributed by atoms with Crippen LogP contribution in [0.4, 0.5) is 5.69 Å². The summed E-state index contributed by atoms with van der Waals surface area (Å²) >= 11 is 0. The van der Waals surface area contributed by atoms with Gasteiger partial charge in [0.15, 0.2) is 0 Å². The monoisotopic (exact) mass is 265 g/mol. The van der Waals surface area contributed by atoms with Crippen LogP contribution in [0.5, 0.6) is 0 Å². The van der Waals surface area contributed by atoms with Gasteiger partial charge in [0.25, 0.3) is 0 Å². The van der Waals surface area contributed by atoms with Gasteiger partial charge in [0, 0.05) is 15.5 Å². The van der Waals surface area contributed by atoms with Crippen molar-refractivity contribution in [2.45, 2.75) is 32.7 Å². The minimum atomic E-state index is 0. The standard InChI is InChI=1S/C17H17N.CH4.B.H2/c1-3-7-15-12(5-1)9-10-14-11-13-6-2-4-8-16(13)18-17(14)15;;;/h1-8,14,17-18H,9-11H2;1H4;;1H/i;;;1+1. The van der Waals surface area contributed by atoms with E-state index in [0.29, 0.717) is 6.04 Å². The van der Waals surface area contributed by atoms with Crippen LogP contribution in [0, 0.1) is 5.92 Å². The number of anilines is 1. The van der Waals surface area contributed by atoms with Gasteiger partial charge in [-0.05, 0) is 47.9 Å². The van der Waals surface area contributed by atoms with Crippen LogP contribution in [0.2, 0.25) is 0 Å². The maximum atomic E-state index is 3.76. The summed E-state index contributed by atoms with van der Waals surface area (Å²) in [7, 11) is 0. The number of rotatable bonds is 0. The van der Waals surface area contributed by atoms with E-state index < -0.39 is 0 Å². The highest BCUT2D eigenvalue weighted by molar-refractivity contribution is 5.75. The van der Waals surface area contributed by atoms with Gasteiger partial charge in [0.1, 0.15) is 0 Å². The van der Waals surface area contributed by atoms with Crippen molar-refractivity contribution in [3.05, 3.63) is 65.2 Å². The SMILES string of the molecule is C.[2HH].[B].c1ccc2c(c1)CC1CCc3ccccc3C1N2. The molecule has 0 spiro atoms. The Morgan fingerprint density at radius 2 is 1.65 bits per heavy atom. The van der Waals surface area contributed by atoms with Crippen LogP contribution in [-0.2, 0) is 12.8 Å². The van der Waals surface area contributed by atoms with Gasteiger partial charge in [0.05, 0.1) is 6.04 Å². The van der Waals surface area contributed by atoms with Crippen LogP contribution in [0.1, 0.15) is 38.0 Å². The van der Waals surface area contributed by atoms with Crippen LogP contribution in [0.25, 0.3) is 0 Å². The van der Waals surface area contributed by atoms with Gasteiger partial charge in [-0.2, -0.15) is 0 Å². The lowest BCUT2D eigenvalue weighted by atomic mass is 9.74. The van der Waals surface area contributed by atoms with Crippen molar-refractivity contribution in [1.82, 2.24) is 0 Å². The van der Waals surface area contributed by atoms with E-state index >= 15 is 0 Å². The van der Waals surface area contributed by atoms with Gasteiger partial charge >= 0.3 is 0 Å². The predicted octanol–water partition coefficient (Wildman–Crippen LogP) is 4.46. The molecule has 1 heterocycles. The van der Waals surface area contributed by atoms with E-state index in [1.807, 2.05) is 0 Å². The molecule has 0 amide bonds. The lowest BCUT2D eigenvalue weighted by molar-refractivity contribution is 0.385. The Bertz CT molecular complexity index is 599. The summed E-state index contributed by atoms with van der Waals surface area (Å²) in [6.45, 7) is 0. The van der Waals surface area contributed by atoms with E-state index in [9.17, 15) is 0 Å². The summed E-state index contributed by atoms with van der Waals surface area (Å²) in [5.74, 6) is 0.759. The predicted molar refractivity (Wildman–Crippen MR) is 89.4 cm³/mol. The second-order valence-corrected chi connectivity index (χ2v) is 5.48. The average molecular weight is 265 g/mol. The molecule has 2 aromatic rings. The fourth-order valence-electron chi connectivity index (χ4n) is 3.53.